The van der Waals surface area contributed by atoms with E-state index in [1.807, 2.05) is 0 Å². The molecule has 2 aromatic carbocycles. The molecule has 0 aromatic heterocycles. The first-order valence-electron chi connectivity index (χ1n) is 16.9. The molecular formula is C32H46N8O8. The summed E-state index contributed by atoms with van der Waals surface area (Å²) in [5, 5.41) is 53.3. The summed E-state index contributed by atoms with van der Waals surface area (Å²) in [6.07, 6.45) is 9.54. The van der Waals surface area contributed by atoms with E-state index in [2.05, 4.69) is 27.4 Å². The molecule has 16 heteroatoms. The molecule has 2 aliphatic heterocycles. The van der Waals surface area contributed by atoms with Gasteiger partial charge in [-0.2, -0.15) is 0 Å². The van der Waals surface area contributed by atoms with Crippen LogP contribution >= 0.6 is 0 Å². The molecule has 48 heavy (non-hydrogen) atoms. The van der Waals surface area contributed by atoms with Gasteiger partial charge in [0.05, 0.1) is 38.0 Å². The van der Waals surface area contributed by atoms with Crippen molar-refractivity contribution in [2.24, 2.45) is 0 Å². The standard InChI is InChI=1S/C32H46N8O8/c1-2-3-4-5-6-7-8-9-32(35-12-10-33-22-30(35)18-24-14-26(37(41)42)20-27(15-24)38(43)44)36-13-11-34-23-31(36)19-25-16-28(39(45)46)21-29(17-25)40(47)48/h14-17,20-21,30-34H,2-13,18-19,22-23H2,1H3. The van der Waals surface area contributed by atoms with Crippen molar-refractivity contribution in [3.63, 3.8) is 0 Å². The van der Waals surface area contributed by atoms with Crippen molar-refractivity contribution in [2.45, 2.75) is 89.4 Å². The average molecular weight is 671 g/mol. The molecule has 0 saturated carbocycles. The normalized spacial score (nSPS) is 19.5. The second-order valence-electron chi connectivity index (χ2n) is 12.7. The predicted molar refractivity (Wildman–Crippen MR) is 180 cm³/mol. The van der Waals surface area contributed by atoms with Gasteiger partial charge in [0.15, 0.2) is 0 Å². The molecule has 4 rings (SSSR count). The molecule has 2 heterocycles. The summed E-state index contributed by atoms with van der Waals surface area (Å²) in [5.41, 5.74) is -0.232. The van der Waals surface area contributed by atoms with Crippen molar-refractivity contribution in [3.05, 3.63) is 88.0 Å². The largest absolute Gasteiger partial charge is 0.314 e. The first kappa shape index (κ1) is 36.7. The monoisotopic (exact) mass is 670 g/mol. The third-order valence-electron chi connectivity index (χ3n) is 9.33. The minimum absolute atomic E-state index is 0.0396. The second-order valence-corrected chi connectivity index (χ2v) is 12.7. The number of rotatable bonds is 18. The Bertz CT molecular complexity index is 1280. The van der Waals surface area contributed by atoms with E-state index < -0.39 is 19.7 Å². The van der Waals surface area contributed by atoms with Crippen molar-refractivity contribution >= 4 is 22.7 Å². The van der Waals surface area contributed by atoms with Crippen LogP contribution in [0.1, 0.15) is 69.4 Å². The summed E-state index contributed by atoms with van der Waals surface area (Å²) in [7, 11) is 0. The van der Waals surface area contributed by atoms with Gasteiger partial charge in [-0.25, -0.2) is 0 Å². The Labute approximate surface area is 279 Å². The van der Waals surface area contributed by atoms with Crippen LogP contribution < -0.4 is 10.6 Å². The minimum atomic E-state index is -0.611. The second kappa shape index (κ2) is 17.9. The third kappa shape index (κ3) is 10.2. The minimum Gasteiger partial charge on any atom is -0.314 e. The van der Waals surface area contributed by atoms with Gasteiger partial charge in [-0.1, -0.05) is 51.9 Å². The molecule has 2 fully saturated rings. The van der Waals surface area contributed by atoms with Crippen LogP contribution in [0.2, 0.25) is 0 Å². The zero-order chi connectivity index (χ0) is 34.6. The highest BCUT2D eigenvalue weighted by Crippen LogP contribution is 2.30. The van der Waals surface area contributed by atoms with Crippen LogP contribution in [0.25, 0.3) is 0 Å². The number of benzene rings is 2. The molecule has 16 nitrogen and oxygen atoms in total. The summed E-state index contributed by atoms with van der Waals surface area (Å²) in [4.78, 5) is 48.8. The van der Waals surface area contributed by atoms with Gasteiger partial charge >= 0.3 is 0 Å². The molecule has 2 aromatic rings. The lowest BCUT2D eigenvalue weighted by atomic mass is 9.96. The van der Waals surface area contributed by atoms with E-state index in [4.69, 9.17) is 0 Å². The Morgan fingerprint density at radius 2 is 1.00 bits per heavy atom. The maximum Gasteiger partial charge on any atom is 0.276 e. The van der Waals surface area contributed by atoms with Crippen LogP contribution in [0.5, 0.6) is 0 Å². The molecular weight excluding hydrogens is 624 g/mol. The molecule has 0 bridgehead atoms. The van der Waals surface area contributed by atoms with Gasteiger partial charge < -0.3 is 10.6 Å². The molecule has 2 N–H and O–H groups in total. The fourth-order valence-electron chi connectivity index (χ4n) is 7.04. The van der Waals surface area contributed by atoms with E-state index in [0.717, 1.165) is 50.9 Å². The van der Waals surface area contributed by atoms with Gasteiger partial charge in [0, 0.05) is 75.6 Å². The van der Waals surface area contributed by atoms with Crippen molar-refractivity contribution in [2.75, 3.05) is 39.3 Å². The number of nitro groups is 4. The molecule has 262 valence electrons. The smallest absolute Gasteiger partial charge is 0.276 e. The van der Waals surface area contributed by atoms with Crippen LogP contribution in [0.15, 0.2) is 36.4 Å². The first-order valence-corrected chi connectivity index (χ1v) is 16.9. The van der Waals surface area contributed by atoms with Crippen molar-refractivity contribution in [3.8, 4) is 0 Å². The lowest BCUT2D eigenvalue weighted by Crippen LogP contribution is -2.65. The summed E-state index contributed by atoms with van der Waals surface area (Å²) in [6, 6.07) is 7.39. The molecule has 2 aliphatic rings. The van der Waals surface area contributed by atoms with E-state index in [9.17, 15) is 40.5 Å². The highest BCUT2D eigenvalue weighted by Gasteiger charge is 2.37. The summed E-state index contributed by atoms with van der Waals surface area (Å²) in [5.74, 6) is 0. The van der Waals surface area contributed by atoms with Gasteiger partial charge in [-0.15, -0.1) is 0 Å². The number of hydrogen-bond donors (Lipinski definition) is 2. The van der Waals surface area contributed by atoms with Gasteiger partial charge in [0.25, 0.3) is 22.7 Å². The Morgan fingerprint density at radius 3 is 1.38 bits per heavy atom. The molecule has 0 radical (unpaired) electrons. The van der Waals surface area contributed by atoms with E-state index in [1.165, 1.54) is 49.9 Å². The number of piperazine rings is 2. The van der Waals surface area contributed by atoms with Crippen LogP contribution in [-0.4, -0.2) is 87.0 Å². The van der Waals surface area contributed by atoms with Crippen molar-refractivity contribution in [1.82, 2.24) is 20.4 Å². The lowest BCUT2D eigenvalue weighted by Gasteiger charge is -2.50. The number of unbranched alkanes of at least 4 members (excludes halogenated alkanes) is 6. The van der Waals surface area contributed by atoms with E-state index >= 15 is 0 Å². The summed E-state index contributed by atoms with van der Waals surface area (Å²) < 4.78 is 0. The Morgan fingerprint density at radius 1 is 0.625 bits per heavy atom. The fraction of sp³-hybridized carbons (Fsp3) is 0.625. The predicted octanol–water partition coefficient (Wildman–Crippen LogP) is 5.12. The molecule has 2 atom stereocenters. The number of non-ortho nitro benzene ring substituents is 4. The van der Waals surface area contributed by atoms with Crippen LogP contribution in [-0.2, 0) is 12.8 Å². The SMILES string of the molecule is CCCCCCCCCC(N1CCNCC1Cc1cc([N+](=O)[O-])cc([N+](=O)[O-])c1)N1CCNCC1Cc1cc([N+](=O)[O-])cc([N+](=O)[O-])c1. The topological polar surface area (TPSA) is 203 Å². The highest BCUT2D eigenvalue weighted by molar-refractivity contribution is 5.48. The number of nitro benzene ring substituents is 4. The highest BCUT2D eigenvalue weighted by atomic mass is 16.6. The number of nitrogens with zero attached hydrogens (tertiary/aromatic N) is 6. The lowest BCUT2D eigenvalue weighted by molar-refractivity contribution is -0.394. The van der Waals surface area contributed by atoms with Gasteiger partial charge in [-0.05, 0) is 30.4 Å². The zero-order valence-corrected chi connectivity index (χ0v) is 27.5. The maximum absolute atomic E-state index is 11.6. The number of hydrogen-bond acceptors (Lipinski definition) is 12. The Hall–Kier alpha value is -4.12. The third-order valence-corrected chi connectivity index (χ3v) is 9.33. The number of nitrogens with one attached hydrogen (secondary N) is 2. The summed E-state index contributed by atoms with van der Waals surface area (Å²) in [6.45, 7) is 6.23. The summed E-state index contributed by atoms with van der Waals surface area (Å²) >= 11 is 0. The molecule has 2 saturated heterocycles. The quantitative estimate of drug-likeness (QED) is 0.121. The van der Waals surface area contributed by atoms with Crippen molar-refractivity contribution in [1.29, 1.82) is 0 Å². The van der Waals surface area contributed by atoms with Crippen molar-refractivity contribution < 1.29 is 19.7 Å². The van der Waals surface area contributed by atoms with Crippen LogP contribution in [0, 0.1) is 40.5 Å². The maximum atomic E-state index is 11.6. The molecule has 0 aliphatic carbocycles. The van der Waals surface area contributed by atoms with Gasteiger partial charge in [0.2, 0.25) is 0 Å². The average Bonchev–Trinajstić information content (AvgIpc) is 3.06. The van der Waals surface area contributed by atoms with Crippen LogP contribution in [0.4, 0.5) is 22.7 Å². The first-order chi connectivity index (χ1) is 23.1. The molecule has 0 spiro atoms. The zero-order valence-electron chi connectivity index (χ0n) is 27.5. The molecule has 2 unspecified atom stereocenters. The van der Waals surface area contributed by atoms with Gasteiger partial charge in [-0.3, -0.25) is 50.3 Å². The molecule has 0 amide bonds. The Balaban J connectivity index is 1.63. The van der Waals surface area contributed by atoms with E-state index in [1.54, 1.807) is 0 Å². The van der Waals surface area contributed by atoms with E-state index in [-0.39, 0.29) is 41.0 Å². The fourth-order valence-corrected chi connectivity index (χ4v) is 7.04. The van der Waals surface area contributed by atoms with E-state index in [0.29, 0.717) is 50.1 Å². The Kier molecular flexibility index (Phi) is 13.7. The van der Waals surface area contributed by atoms with Gasteiger partial charge in [0.1, 0.15) is 0 Å². The van der Waals surface area contributed by atoms with Crippen LogP contribution in [0.3, 0.4) is 0 Å².